The van der Waals surface area contributed by atoms with Crippen LogP contribution in [0.1, 0.15) is 36.3 Å². The molecule has 7 heteroatoms. The van der Waals surface area contributed by atoms with E-state index in [1.165, 1.54) is 7.11 Å². The van der Waals surface area contributed by atoms with Gasteiger partial charge >= 0.3 is 12.1 Å². The minimum absolute atomic E-state index is 0.0610. The molecule has 0 fully saturated rings. The van der Waals surface area contributed by atoms with E-state index in [9.17, 15) is 14.4 Å². The smallest absolute Gasteiger partial charge is 0.407 e. The van der Waals surface area contributed by atoms with E-state index in [2.05, 4.69) is 22.8 Å². The molecule has 0 spiro atoms. The molecule has 1 aliphatic heterocycles. The predicted molar refractivity (Wildman–Crippen MR) is 119 cm³/mol. The third kappa shape index (κ3) is 4.51. The van der Waals surface area contributed by atoms with E-state index in [1.807, 2.05) is 48.6 Å². The largest absolute Gasteiger partial charge is 0.467 e. The third-order valence-corrected chi connectivity index (χ3v) is 5.91. The van der Waals surface area contributed by atoms with Gasteiger partial charge in [-0.1, -0.05) is 60.7 Å². The van der Waals surface area contributed by atoms with Crippen molar-refractivity contribution in [3.63, 3.8) is 0 Å². The van der Waals surface area contributed by atoms with Gasteiger partial charge in [-0.15, -0.1) is 0 Å². The summed E-state index contributed by atoms with van der Waals surface area (Å²) < 4.78 is 10.3. The summed E-state index contributed by atoms with van der Waals surface area (Å²) in [5.41, 5.74) is 4.53. The van der Waals surface area contributed by atoms with Gasteiger partial charge in [-0.25, -0.2) is 9.59 Å². The van der Waals surface area contributed by atoms with Gasteiger partial charge in [-0.3, -0.25) is 4.79 Å². The van der Waals surface area contributed by atoms with Gasteiger partial charge in [0.05, 0.1) is 7.11 Å². The van der Waals surface area contributed by atoms with Crippen molar-refractivity contribution in [2.75, 3.05) is 13.7 Å². The normalized spacial score (nSPS) is 21.1. The van der Waals surface area contributed by atoms with Gasteiger partial charge in [0.15, 0.2) is 0 Å². The molecule has 2 amide bonds. The maximum absolute atomic E-state index is 12.7. The first-order valence-corrected chi connectivity index (χ1v) is 10.7. The molecule has 2 aromatic carbocycles. The van der Waals surface area contributed by atoms with Gasteiger partial charge in [0, 0.05) is 5.92 Å². The lowest BCUT2D eigenvalue weighted by Gasteiger charge is -2.21. The Bertz CT molecular complexity index is 1000. The molecule has 2 aliphatic rings. The van der Waals surface area contributed by atoms with E-state index in [0.29, 0.717) is 19.3 Å². The minimum Gasteiger partial charge on any atom is -0.467 e. The van der Waals surface area contributed by atoms with Crippen LogP contribution in [-0.4, -0.2) is 43.8 Å². The summed E-state index contributed by atoms with van der Waals surface area (Å²) in [6.07, 6.45) is 4.40. The maximum Gasteiger partial charge on any atom is 0.407 e. The Kier molecular flexibility index (Phi) is 6.54. The molecule has 0 bridgehead atoms. The molecule has 7 nitrogen and oxygen atoms in total. The highest BCUT2D eigenvalue weighted by Crippen LogP contribution is 2.44. The fourth-order valence-corrected chi connectivity index (χ4v) is 4.29. The standard InChI is InChI=1S/C25H26N2O5/c1-31-24(29)22-14-4-2-3-13-21(23(28)26-22)27-25(30)32-15-20-18-11-7-5-9-16(18)17-10-6-8-12-19(17)20/h2,4-12,20-22H,3,13-15H2,1H3,(H,26,28)(H,27,30)/b4-2-/t21-,22-/m0/s1. The Morgan fingerprint density at radius 3 is 2.34 bits per heavy atom. The lowest BCUT2D eigenvalue weighted by Crippen LogP contribution is -2.51. The molecule has 0 unspecified atom stereocenters. The Morgan fingerprint density at radius 2 is 1.69 bits per heavy atom. The number of alkyl carbamates (subject to hydrolysis) is 1. The highest BCUT2D eigenvalue weighted by atomic mass is 16.5. The number of hydrogen-bond acceptors (Lipinski definition) is 5. The Morgan fingerprint density at radius 1 is 1.03 bits per heavy atom. The van der Waals surface area contributed by atoms with Crippen molar-refractivity contribution in [3.05, 3.63) is 71.8 Å². The first-order chi connectivity index (χ1) is 15.6. The Hall–Kier alpha value is -3.61. The molecule has 0 saturated carbocycles. The number of fused-ring (bicyclic) bond motifs is 3. The summed E-state index contributed by atoms with van der Waals surface area (Å²) in [6.45, 7) is 0.166. The van der Waals surface area contributed by atoms with Crippen LogP contribution >= 0.6 is 0 Å². The molecule has 0 aromatic heterocycles. The predicted octanol–water partition coefficient (Wildman–Crippen LogP) is 3.29. The quantitative estimate of drug-likeness (QED) is 0.569. The highest BCUT2D eigenvalue weighted by Gasteiger charge is 2.31. The summed E-state index contributed by atoms with van der Waals surface area (Å²) in [5, 5.41) is 5.31. The Labute approximate surface area is 186 Å². The van der Waals surface area contributed by atoms with Crippen LogP contribution in [0.2, 0.25) is 0 Å². The van der Waals surface area contributed by atoms with Crippen molar-refractivity contribution in [3.8, 4) is 11.1 Å². The fourth-order valence-electron chi connectivity index (χ4n) is 4.29. The summed E-state index contributed by atoms with van der Waals surface area (Å²) in [6, 6.07) is 14.6. The van der Waals surface area contributed by atoms with Crippen molar-refractivity contribution in [1.29, 1.82) is 0 Å². The van der Waals surface area contributed by atoms with E-state index >= 15 is 0 Å². The van der Waals surface area contributed by atoms with Crippen molar-refractivity contribution >= 4 is 18.0 Å². The van der Waals surface area contributed by atoms with Gasteiger partial charge in [0.2, 0.25) is 5.91 Å². The molecule has 32 heavy (non-hydrogen) atoms. The molecule has 2 atom stereocenters. The van der Waals surface area contributed by atoms with Crippen LogP contribution < -0.4 is 10.6 Å². The van der Waals surface area contributed by atoms with Crippen LogP contribution in [0.15, 0.2) is 60.7 Å². The van der Waals surface area contributed by atoms with Gasteiger partial charge in [-0.05, 0) is 41.5 Å². The molecule has 2 aromatic rings. The van der Waals surface area contributed by atoms with Crippen LogP contribution in [0.5, 0.6) is 0 Å². The van der Waals surface area contributed by atoms with Crippen LogP contribution in [0.25, 0.3) is 11.1 Å². The first-order valence-electron chi connectivity index (χ1n) is 10.7. The van der Waals surface area contributed by atoms with Crippen molar-refractivity contribution < 1.29 is 23.9 Å². The second kappa shape index (κ2) is 9.68. The second-order valence-electron chi connectivity index (χ2n) is 7.89. The average molecular weight is 434 g/mol. The lowest BCUT2D eigenvalue weighted by atomic mass is 9.98. The molecular weight excluding hydrogens is 408 g/mol. The number of amides is 2. The van der Waals surface area contributed by atoms with E-state index in [-0.39, 0.29) is 12.5 Å². The number of nitrogens with one attached hydrogen (secondary N) is 2. The van der Waals surface area contributed by atoms with Crippen molar-refractivity contribution in [2.45, 2.75) is 37.3 Å². The molecule has 1 aliphatic carbocycles. The van der Waals surface area contributed by atoms with Gasteiger partial charge in [0.1, 0.15) is 18.7 Å². The van der Waals surface area contributed by atoms with E-state index in [4.69, 9.17) is 9.47 Å². The second-order valence-corrected chi connectivity index (χ2v) is 7.89. The number of esters is 1. The van der Waals surface area contributed by atoms with Gasteiger partial charge in [-0.2, -0.15) is 0 Å². The van der Waals surface area contributed by atoms with E-state index in [1.54, 1.807) is 0 Å². The molecule has 1 heterocycles. The SMILES string of the molecule is COC(=O)[C@@H]1C/C=C\CC[C@H](NC(=O)OCC2c3ccccc3-c3ccccc32)C(=O)N1. The molecule has 4 rings (SSSR count). The third-order valence-electron chi connectivity index (χ3n) is 5.91. The van der Waals surface area contributed by atoms with Crippen molar-refractivity contribution in [1.82, 2.24) is 10.6 Å². The monoisotopic (exact) mass is 434 g/mol. The number of benzene rings is 2. The number of allylic oxidation sites excluding steroid dienone is 1. The summed E-state index contributed by atoms with van der Waals surface area (Å²) in [5.74, 6) is -1.02. The summed E-state index contributed by atoms with van der Waals surface area (Å²) >= 11 is 0. The zero-order chi connectivity index (χ0) is 22.5. The highest BCUT2D eigenvalue weighted by molar-refractivity contribution is 5.89. The summed E-state index contributed by atoms with van der Waals surface area (Å²) in [4.78, 5) is 37.1. The number of rotatable bonds is 4. The number of carbonyl (C=O) groups is 3. The first kappa shape index (κ1) is 21.6. The topological polar surface area (TPSA) is 93.7 Å². The van der Waals surface area contributed by atoms with Crippen molar-refractivity contribution in [2.24, 2.45) is 0 Å². The zero-order valence-electron chi connectivity index (χ0n) is 17.9. The van der Waals surface area contributed by atoms with Crippen LogP contribution in [0, 0.1) is 0 Å². The maximum atomic E-state index is 12.7. The lowest BCUT2D eigenvalue weighted by molar-refractivity contribution is -0.145. The van der Waals surface area contributed by atoms with Gasteiger partial charge < -0.3 is 20.1 Å². The number of hydrogen-bond donors (Lipinski definition) is 2. The fraction of sp³-hybridized carbons (Fsp3) is 0.320. The van der Waals surface area contributed by atoms with E-state index in [0.717, 1.165) is 22.3 Å². The van der Waals surface area contributed by atoms with Crippen LogP contribution in [-0.2, 0) is 19.1 Å². The summed E-state index contributed by atoms with van der Waals surface area (Å²) in [7, 11) is 1.28. The number of ether oxygens (including phenoxy) is 2. The molecule has 2 N–H and O–H groups in total. The molecular formula is C25H26N2O5. The van der Waals surface area contributed by atoms with Crippen LogP contribution in [0.3, 0.4) is 0 Å². The Balaban J connectivity index is 1.41. The molecule has 0 saturated heterocycles. The number of methoxy groups -OCH3 is 1. The number of carbonyl (C=O) groups excluding carboxylic acids is 3. The average Bonchev–Trinajstić information content (AvgIpc) is 3.17. The molecule has 166 valence electrons. The zero-order valence-corrected chi connectivity index (χ0v) is 17.9. The van der Waals surface area contributed by atoms with Gasteiger partial charge in [0.25, 0.3) is 0 Å². The molecule has 0 radical (unpaired) electrons. The minimum atomic E-state index is -0.805. The van der Waals surface area contributed by atoms with E-state index < -0.39 is 30.1 Å². The van der Waals surface area contributed by atoms with Crippen LogP contribution in [0.4, 0.5) is 4.79 Å².